The van der Waals surface area contributed by atoms with Crippen LogP contribution in [0.1, 0.15) is 57.2 Å². The molecular weight excluding hydrogens is 262 g/mol. The summed E-state index contributed by atoms with van der Waals surface area (Å²) in [5, 5.41) is 3.68. The van der Waals surface area contributed by atoms with E-state index in [2.05, 4.69) is 44.3 Å². The van der Waals surface area contributed by atoms with Crippen molar-refractivity contribution in [2.75, 3.05) is 19.8 Å². The third kappa shape index (κ3) is 2.95. The van der Waals surface area contributed by atoms with Crippen LogP contribution >= 0.6 is 0 Å². The molecule has 116 valence electrons. The highest BCUT2D eigenvalue weighted by Crippen LogP contribution is 2.40. The maximum absolute atomic E-state index is 5.94. The topological polar surface area (TPSA) is 30.5 Å². The molecule has 0 spiro atoms. The second-order valence-corrected chi connectivity index (χ2v) is 6.91. The maximum atomic E-state index is 5.94. The fourth-order valence-electron chi connectivity index (χ4n) is 3.36. The number of hydrogen-bond acceptors (Lipinski definition) is 3. The molecule has 0 amide bonds. The van der Waals surface area contributed by atoms with E-state index in [1.165, 1.54) is 17.5 Å². The van der Waals surface area contributed by atoms with Gasteiger partial charge < -0.3 is 14.8 Å². The van der Waals surface area contributed by atoms with Gasteiger partial charge in [0.15, 0.2) is 0 Å². The molecule has 1 N–H and O–H groups in total. The highest BCUT2D eigenvalue weighted by molar-refractivity contribution is 5.46. The lowest BCUT2D eigenvalue weighted by Gasteiger charge is -2.26. The first-order valence-corrected chi connectivity index (χ1v) is 8.24. The van der Waals surface area contributed by atoms with Crippen LogP contribution in [0.4, 0.5) is 0 Å². The Kier molecular flexibility index (Phi) is 4.23. The molecule has 0 saturated carbocycles. The Balaban J connectivity index is 1.88. The molecule has 2 heterocycles. The van der Waals surface area contributed by atoms with Gasteiger partial charge in [0, 0.05) is 17.6 Å². The summed E-state index contributed by atoms with van der Waals surface area (Å²) in [5.41, 5.74) is 2.78. The maximum Gasteiger partial charge on any atom is 0.123 e. The van der Waals surface area contributed by atoms with Crippen molar-refractivity contribution in [2.45, 2.75) is 57.6 Å². The molecule has 0 bridgehead atoms. The Labute approximate surface area is 128 Å². The second kappa shape index (κ2) is 5.98. The minimum absolute atomic E-state index is 0.108. The van der Waals surface area contributed by atoms with Crippen LogP contribution < -0.4 is 10.1 Å². The zero-order valence-corrected chi connectivity index (χ0v) is 13.4. The lowest BCUT2D eigenvalue weighted by atomic mass is 9.85. The third-order valence-corrected chi connectivity index (χ3v) is 4.63. The molecular formula is C18H27NO2. The molecule has 1 saturated heterocycles. The highest BCUT2D eigenvalue weighted by atomic mass is 16.5. The fourth-order valence-corrected chi connectivity index (χ4v) is 3.36. The van der Waals surface area contributed by atoms with Gasteiger partial charge in [-0.1, -0.05) is 26.8 Å². The van der Waals surface area contributed by atoms with Gasteiger partial charge in [0.05, 0.1) is 18.8 Å². The van der Waals surface area contributed by atoms with Crippen molar-refractivity contribution in [3.63, 3.8) is 0 Å². The van der Waals surface area contributed by atoms with Crippen LogP contribution in [0.2, 0.25) is 0 Å². The molecule has 1 aromatic carbocycles. The molecule has 0 radical (unpaired) electrons. The molecule has 3 rings (SSSR count). The zero-order valence-electron chi connectivity index (χ0n) is 13.4. The first-order valence-electron chi connectivity index (χ1n) is 8.24. The van der Waals surface area contributed by atoms with Crippen LogP contribution in [-0.2, 0) is 10.2 Å². The van der Waals surface area contributed by atoms with Gasteiger partial charge in [-0.15, -0.1) is 0 Å². The van der Waals surface area contributed by atoms with Gasteiger partial charge in [-0.25, -0.2) is 0 Å². The van der Waals surface area contributed by atoms with Gasteiger partial charge in [-0.3, -0.25) is 0 Å². The molecule has 2 unspecified atom stereocenters. The summed E-state index contributed by atoms with van der Waals surface area (Å²) in [6.07, 6.45) is 3.77. The van der Waals surface area contributed by atoms with Crippen molar-refractivity contribution in [3.8, 4) is 5.75 Å². The van der Waals surface area contributed by atoms with E-state index in [-0.39, 0.29) is 5.41 Å². The van der Waals surface area contributed by atoms with Crippen LogP contribution in [-0.4, -0.2) is 25.9 Å². The second-order valence-electron chi connectivity index (χ2n) is 6.91. The van der Waals surface area contributed by atoms with Crippen LogP contribution in [0.25, 0.3) is 0 Å². The normalized spacial score (nSPS) is 24.6. The summed E-state index contributed by atoms with van der Waals surface area (Å²) in [7, 11) is 0. The van der Waals surface area contributed by atoms with Crippen molar-refractivity contribution in [1.29, 1.82) is 0 Å². The molecule has 0 aromatic heterocycles. The summed E-state index contributed by atoms with van der Waals surface area (Å²) < 4.78 is 11.7. The van der Waals surface area contributed by atoms with Crippen molar-refractivity contribution in [2.24, 2.45) is 0 Å². The van der Waals surface area contributed by atoms with E-state index < -0.39 is 0 Å². The molecule has 2 aliphatic heterocycles. The Hall–Kier alpha value is -1.06. The van der Waals surface area contributed by atoms with E-state index in [9.17, 15) is 0 Å². The Morgan fingerprint density at radius 1 is 1.38 bits per heavy atom. The Morgan fingerprint density at radius 2 is 2.24 bits per heavy atom. The van der Waals surface area contributed by atoms with E-state index >= 15 is 0 Å². The van der Waals surface area contributed by atoms with E-state index in [1.807, 2.05) is 0 Å². The lowest BCUT2D eigenvalue weighted by molar-refractivity contribution is 0.0782. The lowest BCUT2D eigenvalue weighted by Crippen LogP contribution is -2.32. The molecule has 3 heteroatoms. The summed E-state index contributed by atoms with van der Waals surface area (Å²) >= 11 is 0. The minimum atomic E-state index is 0.108. The average Bonchev–Trinajstić information content (AvgIpc) is 3.09. The fraction of sp³-hybridized carbons (Fsp3) is 0.667. The highest BCUT2D eigenvalue weighted by Gasteiger charge is 2.34. The van der Waals surface area contributed by atoms with E-state index in [4.69, 9.17) is 9.47 Å². The van der Waals surface area contributed by atoms with Gasteiger partial charge in [0.2, 0.25) is 0 Å². The monoisotopic (exact) mass is 289 g/mol. The standard InChI is InChI=1S/C18H27NO2/c1-4-9-19-17(16-6-5-10-20-16)13-7-8-15-14(11-13)18(2,3)12-21-15/h7-8,11,16-17,19H,4-6,9-10,12H2,1-3H3. The van der Waals surface area contributed by atoms with E-state index in [0.717, 1.165) is 38.3 Å². The SMILES string of the molecule is CCCNC(c1ccc2c(c1)C(C)(C)CO2)C1CCCO1. The Morgan fingerprint density at radius 3 is 2.95 bits per heavy atom. The number of nitrogens with one attached hydrogen (secondary N) is 1. The van der Waals surface area contributed by atoms with Crippen LogP contribution in [0, 0.1) is 0 Å². The van der Waals surface area contributed by atoms with Gasteiger partial charge in [-0.05, 0) is 43.5 Å². The summed E-state index contributed by atoms with van der Waals surface area (Å²) in [4.78, 5) is 0. The molecule has 2 aliphatic rings. The van der Waals surface area contributed by atoms with Crippen LogP contribution in [0.5, 0.6) is 5.75 Å². The van der Waals surface area contributed by atoms with Gasteiger partial charge >= 0.3 is 0 Å². The first-order chi connectivity index (χ1) is 10.1. The van der Waals surface area contributed by atoms with E-state index in [0.29, 0.717) is 12.1 Å². The smallest absolute Gasteiger partial charge is 0.123 e. The summed E-state index contributed by atoms with van der Waals surface area (Å²) in [6.45, 7) is 9.42. The number of benzene rings is 1. The Bertz CT molecular complexity index is 492. The summed E-state index contributed by atoms with van der Waals surface area (Å²) in [5.74, 6) is 1.05. The third-order valence-electron chi connectivity index (χ3n) is 4.63. The van der Waals surface area contributed by atoms with Crippen LogP contribution in [0.3, 0.4) is 0 Å². The predicted octanol–water partition coefficient (Wildman–Crippen LogP) is 3.58. The average molecular weight is 289 g/mol. The molecule has 21 heavy (non-hydrogen) atoms. The predicted molar refractivity (Wildman–Crippen MR) is 85.0 cm³/mol. The van der Waals surface area contributed by atoms with Gasteiger partial charge in [0.25, 0.3) is 0 Å². The van der Waals surface area contributed by atoms with Crippen molar-refractivity contribution < 1.29 is 9.47 Å². The summed E-state index contributed by atoms with van der Waals surface area (Å²) in [6, 6.07) is 6.97. The number of fused-ring (bicyclic) bond motifs is 1. The van der Waals surface area contributed by atoms with Gasteiger partial charge in [0.1, 0.15) is 5.75 Å². The molecule has 3 nitrogen and oxygen atoms in total. The first kappa shape index (κ1) is 14.9. The van der Waals surface area contributed by atoms with Crippen molar-refractivity contribution >= 4 is 0 Å². The zero-order chi connectivity index (χ0) is 14.9. The molecule has 1 fully saturated rings. The van der Waals surface area contributed by atoms with E-state index in [1.54, 1.807) is 0 Å². The van der Waals surface area contributed by atoms with Gasteiger partial charge in [-0.2, -0.15) is 0 Å². The number of ether oxygens (including phenoxy) is 2. The molecule has 2 atom stereocenters. The number of hydrogen-bond donors (Lipinski definition) is 1. The van der Waals surface area contributed by atoms with Crippen molar-refractivity contribution in [1.82, 2.24) is 5.32 Å². The largest absolute Gasteiger partial charge is 0.492 e. The van der Waals surface area contributed by atoms with Crippen molar-refractivity contribution in [3.05, 3.63) is 29.3 Å². The van der Waals surface area contributed by atoms with Crippen LogP contribution in [0.15, 0.2) is 18.2 Å². The number of rotatable bonds is 5. The minimum Gasteiger partial charge on any atom is -0.492 e. The quantitative estimate of drug-likeness (QED) is 0.899. The molecule has 0 aliphatic carbocycles. The molecule has 1 aromatic rings.